The summed E-state index contributed by atoms with van der Waals surface area (Å²) >= 11 is 0. The maximum atomic E-state index is 10.2. The Morgan fingerprint density at radius 3 is 2.35 bits per heavy atom. The van der Waals surface area contributed by atoms with Crippen LogP contribution in [0.3, 0.4) is 0 Å². The van der Waals surface area contributed by atoms with Gasteiger partial charge in [-0.15, -0.1) is 0 Å². The molecule has 0 heterocycles. The summed E-state index contributed by atoms with van der Waals surface area (Å²) in [6.45, 7) is 6.92. The summed E-state index contributed by atoms with van der Waals surface area (Å²) in [6.07, 6.45) is 6.50. The van der Waals surface area contributed by atoms with Crippen molar-refractivity contribution in [2.75, 3.05) is 20.1 Å². The molecule has 0 bridgehead atoms. The summed E-state index contributed by atoms with van der Waals surface area (Å²) in [7, 11) is 2.23. The van der Waals surface area contributed by atoms with E-state index >= 15 is 0 Å². The minimum atomic E-state index is -0.0717. The van der Waals surface area contributed by atoms with Crippen LogP contribution in [0.4, 0.5) is 0 Å². The van der Waals surface area contributed by atoms with E-state index in [-0.39, 0.29) is 6.10 Å². The van der Waals surface area contributed by atoms with Gasteiger partial charge in [0.25, 0.3) is 0 Å². The van der Waals surface area contributed by atoms with Crippen molar-refractivity contribution in [2.45, 2.75) is 52.1 Å². The van der Waals surface area contributed by atoms with Gasteiger partial charge in [-0.25, -0.2) is 0 Å². The molecular weight excluding hydrogens is 210 g/mol. The predicted molar refractivity (Wildman–Crippen MR) is 71.9 cm³/mol. The largest absolute Gasteiger partial charge is 0.393 e. The van der Waals surface area contributed by atoms with Gasteiger partial charge in [0, 0.05) is 19.0 Å². The van der Waals surface area contributed by atoms with Crippen LogP contribution in [-0.2, 0) is 0 Å². The van der Waals surface area contributed by atoms with Crippen molar-refractivity contribution in [3.63, 3.8) is 0 Å². The Morgan fingerprint density at radius 2 is 1.82 bits per heavy atom. The lowest BCUT2D eigenvalue weighted by Gasteiger charge is -2.40. The molecule has 2 fully saturated rings. The number of hydrogen-bond donors (Lipinski definition) is 1. The molecule has 0 aliphatic heterocycles. The second-order valence-corrected chi connectivity index (χ2v) is 6.80. The SMILES string of the molecule is CC1CC(C)C(CN(C)CC2CCC2)C(O)C1. The summed E-state index contributed by atoms with van der Waals surface area (Å²) in [5, 5.41) is 10.2. The van der Waals surface area contributed by atoms with Crippen LogP contribution >= 0.6 is 0 Å². The molecule has 1 N–H and O–H groups in total. The van der Waals surface area contributed by atoms with Crippen LogP contribution in [0.25, 0.3) is 0 Å². The van der Waals surface area contributed by atoms with Gasteiger partial charge in [-0.1, -0.05) is 20.3 Å². The van der Waals surface area contributed by atoms with Crippen molar-refractivity contribution in [3.05, 3.63) is 0 Å². The fourth-order valence-corrected chi connectivity index (χ4v) is 3.72. The first-order valence-corrected chi connectivity index (χ1v) is 7.43. The smallest absolute Gasteiger partial charge is 0.0585 e. The molecule has 0 spiro atoms. The first-order chi connectivity index (χ1) is 8.06. The van der Waals surface area contributed by atoms with Gasteiger partial charge in [0.15, 0.2) is 0 Å². The van der Waals surface area contributed by atoms with Crippen molar-refractivity contribution < 1.29 is 5.11 Å². The van der Waals surface area contributed by atoms with Gasteiger partial charge >= 0.3 is 0 Å². The standard InChI is InChI=1S/C15H29NO/c1-11-7-12(2)14(15(17)8-11)10-16(3)9-13-5-4-6-13/h11-15,17H,4-10H2,1-3H3. The molecule has 0 saturated heterocycles. The fourth-order valence-electron chi connectivity index (χ4n) is 3.72. The van der Waals surface area contributed by atoms with E-state index in [0.717, 1.165) is 18.9 Å². The molecule has 0 aromatic heterocycles. The molecule has 4 atom stereocenters. The van der Waals surface area contributed by atoms with Gasteiger partial charge in [-0.05, 0) is 50.5 Å². The van der Waals surface area contributed by atoms with Crippen LogP contribution in [0.15, 0.2) is 0 Å². The van der Waals surface area contributed by atoms with Gasteiger partial charge < -0.3 is 10.0 Å². The monoisotopic (exact) mass is 239 g/mol. The first-order valence-electron chi connectivity index (χ1n) is 7.43. The summed E-state index contributed by atoms with van der Waals surface area (Å²) < 4.78 is 0. The molecule has 17 heavy (non-hydrogen) atoms. The zero-order chi connectivity index (χ0) is 12.4. The number of hydrogen-bond acceptors (Lipinski definition) is 2. The van der Waals surface area contributed by atoms with Gasteiger partial charge in [0.2, 0.25) is 0 Å². The van der Waals surface area contributed by atoms with Crippen molar-refractivity contribution in [1.29, 1.82) is 0 Å². The zero-order valence-electron chi connectivity index (χ0n) is 11.7. The average molecular weight is 239 g/mol. The predicted octanol–water partition coefficient (Wildman–Crippen LogP) is 2.76. The average Bonchev–Trinajstić information content (AvgIpc) is 2.17. The number of rotatable bonds is 4. The van der Waals surface area contributed by atoms with Gasteiger partial charge in [0.05, 0.1) is 6.10 Å². The summed E-state index contributed by atoms with van der Waals surface area (Å²) in [5.74, 6) is 2.82. The second kappa shape index (κ2) is 5.71. The van der Waals surface area contributed by atoms with E-state index < -0.39 is 0 Å². The van der Waals surface area contributed by atoms with Gasteiger partial charge in [-0.3, -0.25) is 0 Å². The Morgan fingerprint density at radius 1 is 1.12 bits per heavy atom. The van der Waals surface area contributed by atoms with Crippen LogP contribution in [-0.4, -0.2) is 36.2 Å². The van der Waals surface area contributed by atoms with Gasteiger partial charge in [-0.2, -0.15) is 0 Å². The minimum Gasteiger partial charge on any atom is -0.393 e. The topological polar surface area (TPSA) is 23.5 Å². The molecule has 0 amide bonds. The highest BCUT2D eigenvalue weighted by Gasteiger charge is 2.33. The molecule has 4 unspecified atom stereocenters. The number of nitrogens with zero attached hydrogens (tertiary/aromatic N) is 1. The summed E-state index contributed by atoms with van der Waals surface area (Å²) in [4.78, 5) is 2.46. The molecule has 2 aliphatic rings. The Balaban J connectivity index is 1.79. The highest BCUT2D eigenvalue weighted by Crippen LogP contribution is 2.34. The van der Waals surface area contributed by atoms with E-state index in [1.165, 1.54) is 32.2 Å². The fraction of sp³-hybridized carbons (Fsp3) is 1.00. The molecule has 2 aliphatic carbocycles. The van der Waals surface area contributed by atoms with Crippen LogP contribution in [0.1, 0.15) is 46.0 Å². The number of aliphatic hydroxyl groups excluding tert-OH is 1. The first kappa shape index (κ1) is 13.4. The maximum absolute atomic E-state index is 10.2. The lowest BCUT2D eigenvalue weighted by atomic mass is 9.73. The van der Waals surface area contributed by atoms with Crippen LogP contribution < -0.4 is 0 Å². The van der Waals surface area contributed by atoms with Crippen LogP contribution in [0.5, 0.6) is 0 Å². The summed E-state index contributed by atoms with van der Waals surface area (Å²) in [6, 6.07) is 0. The minimum absolute atomic E-state index is 0.0717. The van der Waals surface area contributed by atoms with E-state index in [0.29, 0.717) is 17.8 Å². The molecule has 100 valence electrons. The maximum Gasteiger partial charge on any atom is 0.0585 e. The third-order valence-electron chi connectivity index (χ3n) is 4.96. The van der Waals surface area contributed by atoms with E-state index in [2.05, 4.69) is 25.8 Å². The number of aliphatic hydroxyl groups is 1. The van der Waals surface area contributed by atoms with Crippen LogP contribution in [0, 0.1) is 23.7 Å². The third-order valence-corrected chi connectivity index (χ3v) is 4.96. The van der Waals surface area contributed by atoms with E-state index in [9.17, 15) is 5.11 Å². The normalized spacial score (nSPS) is 39.4. The molecular formula is C15H29NO. The van der Waals surface area contributed by atoms with Crippen molar-refractivity contribution >= 4 is 0 Å². The molecule has 2 rings (SSSR count). The Labute approximate surface area is 106 Å². The van der Waals surface area contributed by atoms with E-state index in [1.807, 2.05) is 0 Å². The van der Waals surface area contributed by atoms with Crippen molar-refractivity contribution in [2.24, 2.45) is 23.7 Å². The Kier molecular flexibility index (Phi) is 4.48. The lowest BCUT2D eigenvalue weighted by molar-refractivity contribution is -0.00177. The lowest BCUT2D eigenvalue weighted by Crippen LogP contribution is -2.43. The third kappa shape index (κ3) is 3.45. The van der Waals surface area contributed by atoms with Gasteiger partial charge in [0.1, 0.15) is 0 Å². The van der Waals surface area contributed by atoms with E-state index in [1.54, 1.807) is 0 Å². The van der Waals surface area contributed by atoms with Crippen molar-refractivity contribution in [1.82, 2.24) is 4.90 Å². The molecule has 2 saturated carbocycles. The molecule has 2 nitrogen and oxygen atoms in total. The Bertz CT molecular complexity index is 227. The summed E-state index contributed by atoms with van der Waals surface area (Å²) in [5.41, 5.74) is 0. The highest BCUT2D eigenvalue weighted by atomic mass is 16.3. The highest BCUT2D eigenvalue weighted by molar-refractivity contribution is 4.85. The van der Waals surface area contributed by atoms with Crippen molar-refractivity contribution in [3.8, 4) is 0 Å². The second-order valence-electron chi connectivity index (χ2n) is 6.80. The zero-order valence-corrected chi connectivity index (χ0v) is 11.7. The molecule has 0 radical (unpaired) electrons. The molecule has 2 heteroatoms. The quantitative estimate of drug-likeness (QED) is 0.815. The van der Waals surface area contributed by atoms with Crippen LogP contribution in [0.2, 0.25) is 0 Å². The Hall–Kier alpha value is -0.0800. The molecule has 0 aromatic carbocycles. The molecule has 0 aromatic rings. The van der Waals surface area contributed by atoms with E-state index in [4.69, 9.17) is 0 Å².